The van der Waals surface area contributed by atoms with Gasteiger partial charge in [-0.05, 0) is 44.2 Å². The third kappa shape index (κ3) is 3.13. The maximum Gasteiger partial charge on any atom is 0.236 e. The van der Waals surface area contributed by atoms with Gasteiger partial charge in [-0.1, -0.05) is 12.5 Å². The second kappa shape index (κ2) is 6.69. The number of fused-ring (bicyclic) bond motifs is 1. The number of oxazole rings is 1. The van der Waals surface area contributed by atoms with E-state index >= 15 is 0 Å². The Morgan fingerprint density at radius 3 is 3.17 bits per heavy atom. The average molecular weight is 345 g/mol. The summed E-state index contributed by atoms with van der Waals surface area (Å²) in [6, 6.07) is 4.78. The summed E-state index contributed by atoms with van der Waals surface area (Å²) in [5.74, 6) is 1.41. The van der Waals surface area contributed by atoms with Gasteiger partial charge in [-0.3, -0.25) is 9.69 Å². The van der Waals surface area contributed by atoms with Crippen molar-refractivity contribution in [1.29, 1.82) is 0 Å². The molecule has 0 radical (unpaired) electrons. The minimum absolute atomic E-state index is 0.0570. The van der Waals surface area contributed by atoms with Crippen molar-refractivity contribution in [3.05, 3.63) is 29.0 Å². The fraction of sp³-hybridized carbons (Fsp3) is 0.556. The number of hydrogen-bond acceptors (Lipinski definition) is 5. The molecule has 4 rings (SSSR count). The molecule has 1 N–H and O–H groups in total. The lowest BCUT2D eigenvalue weighted by molar-refractivity contribution is -0.121. The van der Waals surface area contributed by atoms with Crippen LogP contribution < -0.4 is 5.32 Å². The largest absolute Gasteiger partial charge is 0.440 e. The van der Waals surface area contributed by atoms with Crippen molar-refractivity contribution in [3.8, 4) is 10.8 Å². The molecule has 2 aliphatic rings. The van der Waals surface area contributed by atoms with Gasteiger partial charge in [0.1, 0.15) is 5.76 Å². The summed E-state index contributed by atoms with van der Waals surface area (Å²) < 4.78 is 5.73. The number of piperidine rings is 1. The number of amides is 1. The standard InChI is InChI=1S/C18H23N3O2S/c1-12-14(20-18(23-12)16-6-4-10-24-16)11-17(22)19-13-7-9-21-8-3-2-5-15(13)21/h4,6,10,13,15H,2-3,5,7-9,11H2,1H3,(H,19,22)/t13-,15-/m1/s1. The summed E-state index contributed by atoms with van der Waals surface area (Å²) in [5, 5.41) is 5.24. The van der Waals surface area contributed by atoms with Crippen LogP contribution in [0.5, 0.6) is 0 Å². The van der Waals surface area contributed by atoms with Crippen molar-refractivity contribution in [2.24, 2.45) is 0 Å². The molecule has 1 amide bonds. The lowest BCUT2D eigenvalue weighted by Gasteiger charge is -2.32. The fourth-order valence-corrected chi connectivity index (χ4v) is 4.57. The predicted molar refractivity (Wildman–Crippen MR) is 94.0 cm³/mol. The van der Waals surface area contributed by atoms with Gasteiger partial charge in [-0.25, -0.2) is 4.98 Å². The molecule has 2 aliphatic heterocycles. The van der Waals surface area contributed by atoms with E-state index in [9.17, 15) is 4.79 Å². The number of carbonyl (C=O) groups excluding carboxylic acids is 1. The third-order valence-corrected chi connectivity index (χ3v) is 6.01. The zero-order valence-electron chi connectivity index (χ0n) is 14.0. The predicted octanol–water partition coefficient (Wildman–Crippen LogP) is 3.00. The van der Waals surface area contributed by atoms with Gasteiger partial charge in [-0.15, -0.1) is 11.3 Å². The molecular formula is C18H23N3O2S. The molecule has 128 valence electrons. The number of carbonyl (C=O) groups is 1. The molecule has 2 aromatic rings. The highest BCUT2D eigenvalue weighted by molar-refractivity contribution is 7.13. The van der Waals surface area contributed by atoms with Crippen molar-refractivity contribution in [1.82, 2.24) is 15.2 Å². The Labute approximate surface area is 146 Å². The number of rotatable bonds is 4. The first kappa shape index (κ1) is 15.8. The van der Waals surface area contributed by atoms with Crippen molar-refractivity contribution in [3.63, 3.8) is 0 Å². The van der Waals surface area contributed by atoms with Crippen molar-refractivity contribution in [2.45, 2.75) is 51.1 Å². The Morgan fingerprint density at radius 1 is 1.42 bits per heavy atom. The Morgan fingerprint density at radius 2 is 2.33 bits per heavy atom. The Balaban J connectivity index is 1.40. The molecule has 6 heteroatoms. The summed E-state index contributed by atoms with van der Waals surface area (Å²) in [4.78, 5) is 20.5. The maximum atomic E-state index is 12.5. The van der Waals surface area contributed by atoms with E-state index in [-0.39, 0.29) is 5.91 Å². The molecule has 0 saturated carbocycles. The lowest BCUT2D eigenvalue weighted by Crippen LogP contribution is -2.47. The van der Waals surface area contributed by atoms with Crippen LogP contribution in [-0.2, 0) is 11.2 Å². The third-order valence-electron chi connectivity index (χ3n) is 5.16. The summed E-state index contributed by atoms with van der Waals surface area (Å²) in [5.41, 5.74) is 0.745. The Bertz CT molecular complexity index is 710. The van der Waals surface area contributed by atoms with E-state index in [1.54, 1.807) is 11.3 Å². The first-order valence-corrected chi connectivity index (χ1v) is 9.62. The lowest BCUT2D eigenvalue weighted by atomic mass is 9.99. The number of aryl methyl sites for hydroxylation is 1. The van der Waals surface area contributed by atoms with Gasteiger partial charge in [-0.2, -0.15) is 0 Å². The second-order valence-corrected chi connectivity index (χ2v) is 7.69. The number of nitrogens with one attached hydrogen (secondary N) is 1. The quantitative estimate of drug-likeness (QED) is 0.925. The molecule has 2 atom stereocenters. The normalized spacial score (nSPS) is 24.0. The van der Waals surface area contributed by atoms with Crippen LogP contribution in [0.4, 0.5) is 0 Å². The van der Waals surface area contributed by atoms with Crippen LogP contribution in [0.15, 0.2) is 21.9 Å². The molecule has 5 nitrogen and oxygen atoms in total. The Hall–Kier alpha value is -1.66. The van der Waals surface area contributed by atoms with E-state index < -0.39 is 0 Å². The molecule has 0 bridgehead atoms. The van der Waals surface area contributed by atoms with Crippen molar-refractivity contribution in [2.75, 3.05) is 13.1 Å². The topological polar surface area (TPSA) is 58.4 Å². The van der Waals surface area contributed by atoms with Gasteiger partial charge in [0.15, 0.2) is 0 Å². The van der Waals surface area contributed by atoms with E-state index in [1.165, 1.54) is 25.8 Å². The molecule has 0 unspecified atom stereocenters. The second-order valence-electron chi connectivity index (χ2n) is 6.74. The average Bonchev–Trinajstić information content (AvgIpc) is 3.29. The summed E-state index contributed by atoms with van der Waals surface area (Å²) in [6.07, 6.45) is 5.13. The number of thiophene rings is 1. The minimum Gasteiger partial charge on any atom is -0.440 e. The van der Waals surface area contributed by atoms with E-state index in [4.69, 9.17) is 4.42 Å². The molecule has 0 aromatic carbocycles. The van der Waals surface area contributed by atoms with Crippen LogP contribution in [0.3, 0.4) is 0 Å². The number of aromatic nitrogens is 1. The van der Waals surface area contributed by atoms with E-state index in [0.29, 0.717) is 24.4 Å². The number of nitrogens with zero attached hydrogens (tertiary/aromatic N) is 2. The summed E-state index contributed by atoms with van der Waals surface area (Å²) in [6.45, 7) is 4.18. The van der Waals surface area contributed by atoms with Crippen molar-refractivity contribution < 1.29 is 9.21 Å². The van der Waals surface area contributed by atoms with E-state index in [0.717, 1.165) is 29.3 Å². The fourth-order valence-electron chi connectivity index (χ4n) is 3.92. The number of hydrogen-bond donors (Lipinski definition) is 1. The van der Waals surface area contributed by atoms with Gasteiger partial charge in [0, 0.05) is 18.6 Å². The van der Waals surface area contributed by atoms with E-state index in [1.807, 2.05) is 24.4 Å². The molecule has 2 fully saturated rings. The first-order chi connectivity index (χ1) is 11.7. The Kier molecular flexibility index (Phi) is 4.41. The smallest absolute Gasteiger partial charge is 0.236 e. The van der Waals surface area contributed by atoms with Crippen LogP contribution in [0.25, 0.3) is 10.8 Å². The molecule has 0 aliphatic carbocycles. The van der Waals surface area contributed by atoms with Crippen LogP contribution in [0.2, 0.25) is 0 Å². The van der Waals surface area contributed by atoms with Crippen molar-refractivity contribution >= 4 is 17.2 Å². The minimum atomic E-state index is 0.0570. The van der Waals surface area contributed by atoms with Crippen LogP contribution >= 0.6 is 11.3 Å². The first-order valence-electron chi connectivity index (χ1n) is 8.74. The highest BCUT2D eigenvalue weighted by Gasteiger charge is 2.36. The van der Waals surface area contributed by atoms with Gasteiger partial charge < -0.3 is 9.73 Å². The zero-order valence-corrected chi connectivity index (χ0v) is 14.8. The zero-order chi connectivity index (χ0) is 16.5. The van der Waals surface area contributed by atoms with Crippen LogP contribution in [0.1, 0.15) is 37.1 Å². The summed E-state index contributed by atoms with van der Waals surface area (Å²) in [7, 11) is 0. The summed E-state index contributed by atoms with van der Waals surface area (Å²) >= 11 is 1.59. The molecule has 24 heavy (non-hydrogen) atoms. The molecule has 2 aromatic heterocycles. The SMILES string of the molecule is Cc1oc(-c2cccs2)nc1CC(=O)N[C@@H]1CCN2CCCC[C@H]12. The van der Waals surface area contributed by atoms with E-state index in [2.05, 4.69) is 15.2 Å². The molecule has 0 spiro atoms. The maximum absolute atomic E-state index is 12.5. The molecule has 4 heterocycles. The van der Waals surface area contributed by atoms with Gasteiger partial charge in [0.2, 0.25) is 11.8 Å². The molecular weight excluding hydrogens is 322 g/mol. The van der Waals surface area contributed by atoms with Crippen LogP contribution in [-0.4, -0.2) is 41.0 Å². The van der Waals surface area contributed by atoms with Gasteiger partial charge in [0.05, 0.1) is 17.0 Å². The van der Waals surface area contributed by atoms with Gasteiger partial charge >= 0.3 is 0 Å². The monoisotopic (exact) mass is 345 g/mol. The van der Waals surface area contributed by atoms with Gasteiger partial charge in [0.25, 0.3) is 0 Å². The van der Waals surface area contributed by atoms with Crippen LogP contribution in [0, 0.1) is 6.92 Å². The highest BCUT2D eigenvalue weighted by atomic mass is 32.1. The highest BCUT2D eigenvalue weighted by Crippen LogP contribution is 2.28. The molecule has 2 saturated heterocycles.